The van der Waals surface area contributed by atoms with Gasteiger partial charge >= 0.3 is 12.0 Å². The van der Waals surface area contributed by atoms with Crippen LogP contribution >= 0.6 is 39.0 Å². The number of urea groups is 1. The zero-order valence-electron chi connectivity index (χ0n) is 9.47. The van der Waals surface area contributed by atoms with Crippen LogP contribution in [0.4, 0.5) is 9.93 Å². The van der Waals surface area contributed by atoms with Crippen molar-refractivity contribution >= 4 is 56.2 Å². The molecule has 0 spiro atoms. The van der Waals surface area contributed by atoms with E-state index in [-0.39, 0.29) is 0 Å². The lowest BCUT2D eigenvalue weighted by molar-refractivity contribution is -0.139. The summed E-state index contributed by atoms with van der Waals surface area (Å²) >= 11 is 6.00. The summed E-state index contributed by atoms with van der Waals surface area (Å²) in [5, 5.41) is 14.2. The molecule has 9 heteroatoms. The average molecular weight is 354 g/mol. The minimum absolute atomic E-state index is 0.380. The number of anilines is 1. The highest BCUT2D eigenvalue weighted by Gasteiger charge is 2.19. The van der Waals surface area contributed by atoms with Gasteiger partial charge in [0.05, 0.1) is 9.98 Å². The molecule has 1 heterocycles. The lowest BCUT2D eigenvalue weighted by Gasteiger charge is -2.13. The molecule has 2 amide bonds. The van der Waals surface area contributed by atoms with E-state index in [9.17, 15) is 9.59 Å². The first-order chi connectivity index (χ1) is 8.52. The van der Waals surface area contributed by atoms with Gasteiger partial charge in [0.15, 0.2) is 5.13 Å². The van der Waals surface area contributed by atoms with Crippen molar-refractivity contribution in [2.24, 2.45) is 0 Å². The number of rotatable bonds is 6. The molecule has 1 unspecified atom stereocenters. The molecule has 6 nitrogen and oxygen atoms in total. The third kappa shape index (κ3) is 5.23. The first-order valence-corrected chi connectivity index (χ1v) is 7.94. The summed E-state index contributed by atoms with van der Waals surface area (Å²) in [5.74, 6) is -0.375. The van der Waals surface area contributed by atoms with Gasteiger partial charge in [-0.3, -0.25) is 5.32 Å². The van der Waals surface area contributed by atoms with Crippen LogP contribution in [0, 0.1) is 0 Å². The molecule has 0 radical (unpaired) electrons. The third-order valence-electron chi connectivity index (χ3n) is 1.91. The number of thiazole rings is 1. The quantitative estimate of drug-likeness (QED) is 0.729. The summed E-state index contributed by atoms with van der Waals surface area (Å²) in [4.78, 5) is 26.4. The highest BCUT2D eigenvalue weighted by molar-refractivity contribution is 9.11. The summed E-state index contributed by atoms with van der Waals surface area (Å²) in [6, 6.07) is -1.45. The fraction of sp³-hybridized carbons (Fsp3) is 0.444. The van der Waals surface area contributed by atoms with Crippen LogP contribution in [-0.2, 0) is 4.79 Å². The number of aromatic nitrogens is 1. The van der Waals surface area contributed by atoms with Gasteiger partial charge < -0.3 is 10.4 Å². The molecule has 0 saturated heterocycles. The van der Waals surface area contributed by atoms with E-state index in [2.05, 4.69) is 31.5 Å². The Hall–Kier alpha value is -0.800. The third-order valence-corrected chi connectivity index (χ3v) is 3.95. The number of halogens is 1. The van der Waals surface area contributed by atoms with Crippen LogP contribution in [0.2, 0.25) is 0 Å². The second-order valence-corrected chi connectivity index (χ2v) is 6.64. The smallest absolute Gasteiger partial charge is 0.326 e. The van der Waals surface area contributed by atoms with Gasteiger partial charge in [0.2, 0.25) is 0 Å². The lowest BCUT2D eigenvalue weighted by Crippen LogP contribution is -2.43. The second-order valence-electron chi connectivity index (χ2n) is 3.24. The number of carbonyl (C=O) groups is 2. The maximum Gasteiger partial charge on any atom is 0.326 e. The largest absolute Gasteiger partial charge is 0.480 e. The SMILES string of the molecule is CSCCC(NC(=O)Nc1ncc(Br)s1)C(=O)O. The molecule has 100 valence electrons. The van der Waals surface area contributed by atoms with Crippen molar-refractivity contribution in [2.45, 2.75) is 12.5 Å². The number of nitrogens with zero attached hydrogens (tertiary/aromatic N) is 1. The fourth-order valence-corrected chi connectivity index (χ4v) is 2.67. The predicted octanol–water partition coefficient (Wildman–Crippen LogP) is 2.23. The van der Waals surface area contributed by atoms with Crippen LogP contribution in [0.15, 0.2) is 9.98 Å². The first-order valence-electron chi connectivity index (χ1n) is 4.93. The van der Waals surface area contributed by atoms with Crippen LogP contribution in [0.1, 0.15) is 6.42 Å². The molecule has 3 N–H and O–H groups in total. The van der Waals surface area contributed by atoms with E-state index >= 15 is 0 Å². The topological polar surface area (TPSA) is 91.3 Å². The van der Waals surface area contributed by atoms with Crippen LogP contribution in [0.3, 0.4) is 0 Å². The van der Waals surface area contributed by atoms with Gasteiger partial charge in [-0.2, -0.15) is 11.8 Å². The highest BCUT2D eigenvalue weighted by atomic mass is 79.9. The summed E-state index contributed by atoms with van der Waals surface area (Å²) in [7, 11) is 0. The zero-order chi connectivity index (χ0) is 13.5. The van der Waals surface area contributed by atoms with Gasteiger partial charge in [-0.15, -0.1) is 0 Å². The Kier molecular flexibility index (Phi) is 6.44. The Bertz CT molecular complexity index is 427. The molecule has 1 aromatic heterocycles. The Labute approximate surface area is 121 Å². The fourth-order valence-electron chi connectivity index (χ4n) is 1.10. The number of carbonyl (C=O) groups excluding carboxylic acids is 1. The molecule has 1 rings (SSSR count). The van der Waals surface area contributed by atoms with E-state index in [0.717, 1.165) is 3.79 Å². The average Bonchev–Trinajstić information content (AvgIpc) is 2.69. The molecule has 0 aliphatic heterocycles. The molecular weight excluding hydrogens is 342 g/mol. The van der Waals surface area contributed by atoms with Crippen LogP contribution < -0.4 is 10.6 Å². The van der Waals surface area contributed by atoms with E-state index < -0.39 is 18.0 Å². The van der Waals surface area contributed by atoms with Crippen molar-refractivity contribution < 1.29 is 14.7 Å². The molecular formula is C9H12BrN3O3S2. The van der Waals surface area contributed by atoms with Crippen molar-refractivity contribution in [3.63, 3.8) is 0 Å². The van der Waals surface area contributed by atoms with Crippen LogP contribution in [0.25, 0.3) is 0 Å². The first kappa shape index (κ1) is 15.3. The Morgan fingerprint density at radius 2 is 2.39 bits per heavy atom. The normalized spacial score (nSPS) is 11.9. The van der Waals surface area contributed by atoms with Gasteiger partial charge in [-0.1, -0.05) is 11.3 Å². The minimum Gasteiger partial charge on any atom is -0.480 e. The summed E-state index contributed by atoms with van der Waals surface area (Å²) in [6.45, 7) is 0. The second kappa shape index (κ2) is 7.59. The molecule has 0 saturated carbocycles. The predicted molar refractivity (Wildman–Crippen MR) is 76.4 cm³/mol. The molecule has 0 bridgehead atoms. The minimum atomic E-state index is -1.04. The van der Waals surface area contributed by atoms with E-state index in [0.29, 0.717) is 17.3 Å². The number of carboxylic acid groups (broad SMARTS) is 1. The summed E-state index contributed by atoms with van der Waals surface area (Å²) in [6.07, 6.45) is 3.82. The molecule has 0 fully saturated rings. The molecule has 0 aliphatic carbocycles. The maximum absolute atomic E-state index is 11.6. The van der Waals surface area contributed by atoms with Crippen molar-refractivity contribution in [3.8, 4) is 0 Å². The number of hydrogen-bond acceptors (Lipinski definition) is 5. The van der Waals surface area contributed by atoms with Gasteiger partial charge in [-0.25, -0.2) is 14.6 Å². The van der Waals surface area contributed by atoms with Gasteiger partial charge in [0.1, 0.15) is 6.04 Å². The Morgan fingerprint density at radius 3 is 2.89 bits per heavy atom. The Balaban J connectivity index is 2.48. The van der Waals surface area contributed by atoms with Crippen molar-refractivity contribution in [2.75, 3.05) is 17.3 Å². The van der Waals surface area contributed by atoms with E-state index in [1.54, 1.807) is 6.20 Å². The van der Waals surface area contributed by atoms with Gasteiger partial charge in [0, 0.05) is 0 Å². The number of amides is 2. The number of hydrogen-bond donors (Lipinski definition) is 3. The molecule has 0 aliphatic rings. The number of aliphatic carboxylic acids is 1. The molecule has 0 aromatic carbocycles. The Morgan fingerprint density at radius 1 is 1.67 bits per heavy atom. The van der Waals surface area contributed by atoms with E-state index in [1.165, 1.54) is 23.1 Å². The molecule has 18 heavy (non-hydrogen) atoms. The monoisotopic (exact) mass is 353 g/mol. The van der Waals surface area contributed by atoms with E-state index in [4.69, 9.17) is 5.11 Å². The standard InChI is InChI=1S/C9H12BrN3O3S2/c1-17-3-2-5(7(14)15)12-8(16)13-9-11-4-6(10)18-9/h4-5H,2-3H2,1H3,(H,14,15)(H2,11,12,13,16). The molecule has 1 atom stereocenters. The zero-order valence-corrected chi connectivity index (χ0v) is 12.7. The van der Waals surface area contributed by atoms with Crippen molar-refractivity contribution in [1.29, 1.82) is 0 Å². The maximum atomic E-state index is 11.6. The van der Waals surface area contributed by atoms with Crippen molar-refractivity contribution in [1.82, 2.24) is 10.3 Å². The number of carboxylic acids is 1. The lowest BCUT2D eigenvalue weighted by atomic mass is 10.2. The van der Waals surface area contributed by atoms with Gasteiger partial charge in [0.25, 0.3) is 0 Å². The van der Waals surface area contributed by atoms with Gasteiger partial charge in [-0.05, 0) is 34.4 Å². The summed E-state index contributed by atoms with van der Waals surface area (Å²) in [5.41, 5.74) is 0. The van der Waals surface area contributed by atoms with Crippen molar-refractivity contribution in [3.05, 3.63) is 9.98 Å². The van der Waals surface area contributed by atoms with Crippen LogP contribution in [-0.4, -0.2) is 40.1 Å². The number of thioether (sulfide) groups is 1. The van der Waals surface area contributed by atoms with E-state index in [1.807, 2.05) is 6.26 Å². The summed E-state index contributed by atoms with van der Waals surface area (Å²) < 4.78 is 0.787. The number of nitrogens with one attached hydrogen (secondary N) is 2. The highest BCUT2D eigenvalue weighted by Crippen LogP contribution is 2.22. The van der Waals surface area contributed by atoms with Crippen LogP contribution in [0.5, 0.6) is 0 Å². The molecule has 1 aromatic rings.